The number of imidazole rings is 1. The van der Waals surface area contributed by atoms with Crippen molar-refractivity contribution in [1.29, 1.82) is 0 Å². The van der Waals surface area contributed by atoms with Crippen molar-refractivity contribution in [2.75, 3.05) is 58.2 Å². The van der Waals surface area contributed by atoms with Crippen LogP contribution in [0.1, 0.15) is 69.3 Å². The highest BCUT2D eigenvalue weighted by molar-refractivity contribution is 5.94. The van der Waals surface area contributed by atoms with Crippen LogP contribution in [0.4, 0.5) is 10.6 Å². The predicted octanol–water partition coefficient (Wildman–Crippen LogP) is 3.75. The molecular formula is C32H46N8O5. The molecule has 5 rings (SSSR count). The summed E-state index contributed by atoms with van der Waals surface area (Å²) < 4.78 is 12.7. The van der Waals surface area contributed by atoms with Gasteiger partial charge in [0, 0.05) is 51.4 Å². The highest BCUT2D eigenvalue weighted by Gasteiger charge is 2.29. The molecule has 3 aromatic rings. The summed E-state index contributed by atoms with van der Waals surface area (Å²) in [4.78, 5) is 44.6. The molecule has 0 spiro atoms. The molecule has 2 aliphatic rings. The number of fused-ring (bicyclic) bond motifs is 1. The number of nitrogens with two attached hydrogens (primary N) is 1. The molecule has 2 saturated heterocycles. The van der Waals surface area contributed by atoms with Crippen LogP contribution in [0.2, 0.25) is 0 Å². The number of ether oxygens (including phenoxy) is 2. The molecule has 0 saturated carbocycles. The minimum atomic E-state index is -0.480. The molecule has 4 heterocycles. The molecule has 0 aliphatic carbocycles. The summed E-state index contributed by atoms with van der Waals surface area (Å²) in [7, 11) is 0. The molecule has 13 nitrogen and oxygen atoms in total. The smallest absolute Gasteiger partial charge is 0.410 e. The van der Waals surface area contributed by atoms with E-state index in [0.717, 1.165) is 64.0 Å². The number of piperidine rings is 1. The van der Waals surface area contributed by atoms with Gasteiger partial charge in [-0.25, -0.2) is 4.79 Å². The first-order valence-electron chi connectivity index (χ1n) is 15.9. The summed E-state index contributed by atoms with van der Waals surface area (Å²) in [5.74, 6) is 0.691. The maximum Gasteiger partial charge on any atom is 0.410 e. The first kappa shape index (κ1) is 32.3. The first-order chi connectivity index (χ1) is 21.5. The Morgan fingerprint density at radius 2 is 1.67 bits per heavy atom. The topological polar surface area (TPSA) is 152 Å². The number of likely N-dealkylation sites (tertiary alicyclic amines) is 1. The van der Waals surface area contributed by atoms with Gasteiger partial charge >= 0.3 is 12.1 Å². The standard InChI is InChI=1S/C32H46N8O5/c1-5-6-19-44-29-35-26(33)25-27(36-29)40(30(42)34-25)21-22-7-9-24(10-8-22)28(41)38-17-15-37(16-18-38)20-23-11-13-39(14-12-23)31(43)45-32(2,3)4/h7-10,23H,5-6,11-21H2,1-4H3,(H,34,42)(H2,33,35,36). The number of nitrogen functional groups attached to an aromatic ring is 1. The van der Waals surface area contributed by atoms with Crippen LogP contribution < -0.4 is 10.5 Å². The summed E-state index contributed by atoms with van der Waals surface area (Å²) >= 11 is 0. The number of carbonyl (C=O) groups is 2. The van der Waals surface area contributed by atoms with Gasteiger partial charge in [0.2, 0.25) is 0 Å². The number of aromatic nitrogens is 4. The number of rotatable bonds is 9. The van der Waals surface area contributed by atoms with E-state index in [0.29, 0.717) is 42.3 Å². The van der Waals surface area contributed by atoms with Crippen LogP contribution in [0.25, 0.3) is 11.2 Å². The SMILES string of the molecule is CCCCOc1nc(N)c2nc(O)n(Cc3ccc(C(=O)N4CCN(CC5CCN(C(=O)OC(C)(C)C)CC5)CC4)cc3)c2n1. The zero-order valence-electron chi connectivity index (χ0n) is 26.9. The van der Waals surface area contributed by atoms with Crippen molar-refractivity contribution in [2.45, 2.75) is 65.5 Å². The van der Waals surface area contributed by atoms with Gasteiger partial charge in [-0.2, -0.15) is 15.0 Å². The van der Waals surface area contributed by atoms with Crippen LogP contribution in [0, 0.1) is 5.92 Å². The third-order valence-electron chi connectivity index (χ3n) is 8.29. The molecule has 244 valence electrons. The molecule has 3 N–H and O–H groups in total. The van der Waals surface area contributed by atoms with E-state index in [4.69, 9.17) is 15.2 Å². The lowest BCUT2D eigenvalue weighted by atomic mass is 9.96. The Hall–Kier alpha value is -4.13. The van der Waals surface area contributed by atoms with E-state index in [1.165, 1.54) is 0 Å². The number of aromatic hydroxyl groups is 1. The molecule has 0 atom stereocenters. The van der Waals surface area contributed by atoms with Crippen LogP contribution in [-0.4, -0.2) is 109 Å². The minimum Gasteiger partial charge on any atom is -0.480 e. The number of nitrogens with zero attached hydrogens (tertiary/aromatic N) is 7. The van der Waals surface area contributed by atoms with Crippen molar-refractivity contribution in [2.24, 2.45) is 5.92 Å². The van der Waals surface area contributed by atoms with E-state index in [1.54, 1.807) is 4.57 Å². The van der Waals surface area contributed by atoms with E-state index in [2.05, 4.69) is 26.8 Å². The first-order valence-corrected chi connectivity index (χ1v) is 15.9. The van der Waals surface area contributed by atoms with Gasteiger partial charge in [-0.15, -0.1) is 0 Å². The van der Waals surface area contributed by atoms with Crippen molar-refractivity contribution in [3.05, 3.63) is 35.4 Å². The van der Waals surface area contributed by atoms with Crippen molar-refractivity contribution >= 4 is 29.0 Å². The number of anilines is 1. The molecule has 2 aliphatic heterocycles. The third-order valence-corrected chi connectivity index (χ3v) is 8.29. The Kier molecular flexibility index (Phi) is 9.96. The van der Waals surface area contributed by atoms with Gasteiger partial charge in [0.25, 0.3) is 11.9 Å². The van der Waals surface area contributed by atoms with Gasteiger partial charge in [0.1, 0.15) is 5.60 Å². The second-order valence-electron chi connectivity index (χ2n) is 13.0. The van der Waals surface area contributed by atoms with Gasteiger partial charge in [-0.05, 0) is 63.6 Å². The third kappa shape index (κ3) is 8.13. The average molecular weight is 623 g/mol. The molecule has 13 heteroatoms. The van der Waals surface area contributed by atoms with Gasteiger partial charge in [0.05, 0.1) is 13.2 Å². The van der Waals surface area contributed by atoms with E-state index < -0.39 is 5.60 Å². The van der Waals surface area contributed by atoms with Gasteiger partial charge in [-0.3, -0.25) is 14.3 Å². The fourth-order valence-corrected chi connectivity index (χ4v) is 5.75. The Morgan fingerprint density at radius 1 is 0.978 bits per heavy atom. The molecule has 0 unspecified atom stereocenters. The zero-order chi connectivity index (χ0) is 32.1. The number of hydrogen-bond acceptors (Lipinski definition) is 10. The van der Waals surface area contributed by atoms with Crippen LogP contribution in [-0.2, 0) is 11.3 Å². The van der Waals surface area contributed by atoms with Crippen molar-refractivity contribution in [1.82, 2.24) is 34.2 Å². The Balaban J connectivity index is 1.11. The van der Waals surface area contributed by atoms with Crippen molar-refractivity contribution in [3.63, 3.8) is 0 Å². The molecule has 0 radical (unpaired) electrons. The summed E-state index contributed by atoms with van der Waals surface area (Å²) in [5.41, 5.74) is 7.78. The number of amides is 2. The minimum absolute atomic E-state index is 0.0113. The summed E-state index contributed by atoms with van der Waals surface area (Å²) in [5, 5.41) is 10.5. The maximum absolute atomic E-state index is 13.3. The summed E-state index contributed by atoms with van der Waals surface area (Å²) in [6.07, 6.45) is 3.54. The van der Waals surface area contributed by atoms with Crippen LogP contribution in [0.3, 0.4) is 0 Å². The fraction of sp³-hybridized carbons (Fsp3) is 0.594. The monoisotopic (exact) mass is 622 g/mol. The van der Waals surface area contributed by atoms with Gasteiger partial charge in [-0.1, -0.05) is 25.5 Å². The molecule has 1 aromatic carbocycles. The lowest BCUT2D eigenvalue weighted by Gasteiger charge is -2.39. The number of benzene rings is 1. The highest BCUT2D eigenvalue weighted by atomic mass is 16.6. The Labute approximate surface area is 264 Å². The highest BCUT2D eigenvalue weighted by Crippen LogP contribution is 2.26. The second-order valence-corrected chi connectivity index (χ2v) is 13.0. The Bertz CT molecular complexity index is 1470. The van der Waals surface area contributed by atoms with E-state index >= 15 is 0 Å². The number of unbranched alkanes of at least 4 members (excludes halogenated alkanes) is 1. The summed E-state index contributed by atoms with van der Waals surface area (Å²) in [6.45, 7) is 13.9. The quantitative estimate of drug-likeness (QED) is 0.338. The molecule has 2 aromatic heterocycles. The lowest BCUT2D eigenvalue weighted by Crippen LogP contribution is -2.51. The van der Waals surface area contributed by atoms with Crippen LogP contribution in [0.5, 0.6) is 12.0 Å². The maximum atomic E-state index is 13.3. The van der Waals surface area contributed by atoms with Gasteiger partial charge in [0.15, 0.2) is 17.0 Å². The number of hydrogen-bond donors (Lipinski definition) is 2. The average Bonchev–Trinajstić information content (AvgIpc) is 3.32. The fourth-order valence-electron chi connectivity index (χ4n) is 5.75. The molecule has 2 fully saturated rings. The van der Waals surface area contributed by atoms with E-state index in [1.807, 2.05) is 54.8 Å². The normalized spacial score (nSPS) is 16.7. The van der Waals surface area contributed by atoms with Crippen molar-refractivity contribution < 1.29 is 24.2 Å². The largest absolute Gasteiger partial charge is 0.480 e. The number of piperazine rings is 1. The molecule has 45 heavy (non-hydrogen) atoms. The van der Waals surface area contributed by atoms with Crippen molar-refractivity contribution in [3.8, 4) is 12.0 Å². The predicted molar refractivity (Wildman–Crippen MR) is 170 cm³/mol. The second kappa shape index (κ2) is 13.9. The summed E-state index contributed by atoms with van der Waals surface area (Å²) in [6, 6.07) is 7.33. The van der Waals surface area contributed by atoms with E-state index in [-0.39, 0.29) is 36.4 Å². The van der Waals surface area contributed by atoms with E-state index in [9.17, 15) is 14.7 Å². The number of carbonyl (C=O) groups excluding carboxylic acids is 2. The zero-order valence-corrected chi connectivity index (χ0v) is 26.9. The van der Waals surface area contributed by atoms with Gasteiger partial charge < -0.3 is 30.1 Å². The molecule has 0 bridgehead atoms. The van der Waals surface area contributed by atoms with Crippen LogP contribution in [0.15, 0.2) is 24.3 Å². The van der Waals surface area contributed by atoms with Crippen LogP contribution >= 0.6 is 0 Å². The molecule has 2 amide bonds. The Morgan fingerprint density at radius 3 is 2.31 bits per heavy atom. The molecular weight excluding hydrogens is 576 g/mol. The lowest BCUT2D eigenvalue weighted by molar-refractivity contribution is 0.0161.